The molecule has 0 spiro atoms. The van der Waals surface area contributed by atoms with Crippen LogP contribution in [0.5, 0.6) is 0 Å². The Balaban J connectivity index is 1.89. The van der Waals surface area contributed by atoms with Crippen LogP contribution in [-0.4, -0.2) is 21.2 Å². The van der Waals surface area contributed by atoms with Crippen LogP contribution in [0.15, 0.2) is 46.5 Å². The van der Waals surface area contributed by atoms with Gasteiger partial charge in [0.2, 0.25) is 0 Å². The molecule has 0 bridgehead atoms. The maximum Gasteiger partial charge on any atom is 0.277 e. The second-order valence-corrected chi connectivity index (χ2v) is 5.14. The molecule has 96 valence electrons. The Morgan fingerprint density at radius 2 is 2.11 bits per heavy atom. The molecule has 1 aliphatic rings. The Labute approximate surface area is 113 Å². The van der Waals surface area contributed by atoms with Crippen LogP contribution in [0.1, 0.15) is 10.4 Å². The van der Waals surface area contributed by atoms with E-state index in [9.17, 15) is 9.59 Å². The minimum Gasteiger partial charge on any atom is -0.316 e. The number of aromatic nitrogens is 2. The predicted molar refractivity (Wildman–Crippen MR) is 73.6 cm³/mol. The van der Waals surface area contributed by atoms with Gasteiger partial charge >= 0.3 is 0 Å². The first-order valence-corrected chi connectivity index (χ1v) is 6.83. The molecule has 5 nitrogen and oxygen atoms in total. The van der Waals surface area contributed by atoms with Crippen molar-refractivity contribution < 1.29 is 4.79 Å². The lowest BCUT2D eigenvalue weighted by molar-refractivity contribution is 0.102. The lowest BCUT2D eigenvalue weighted by atomic mass is 10.2. The van der Waals surface area contributed by atoms with Crippen LogP contribution >= 0.6 is 11.8 Å². The highest BCUT2D eigenvalue weighted by atomic mass is 32.2. The second-order valence-electron chi connectivity index (χ2n) is 4.08. The SMILES string of the molecule is O=C(Nc1cnc2n(c1=O)CCS2)c1ccccc1. The van der Waals surface area contributed by atoms with Crippen molar-refractivity contribution in [2.45, 2.75) is 11.7 Å². The molecule has 1 amide bonds. The van der Waals surface area contributed by atoms with E-state index in [1.165, 1.54) is 6.20 Å². The molecule has 0 unspecified atom stereocenters. The Hall–Kier alpha value is -2.08. The van der Waals surface area contributed by atoms with Crippen LogP contribution in [0.3, 0.4) is 0 Å². The van der Waals surface area contributed by atoms with Crippen LogP contribution in [0.2, 0.25) is 0 Å². The van der Waals surface area contributed by atoms with E-state index in [1.807, 2.05) is 6.07 Å². The summed E-state index contributed by atoms with van der Waals surface area (Å²) in [4.78, 5) is 28.3. The van der Waals surface area contributed by atoms with Gasteiger partial charge in [0.25, 0.3) is 11.5 Å². The van der Waals surface area contributed by atoms with E-state index in [4.69, 9.17) is 0 Å². The van der Waals surface area contributed by atoms with E-state index in [2.05, 4.69) is 10.3 Å². The summed E-state index contributed by atoms with van der Waals surface area (Å²) >= 11 is 1.55. The van der Waals surface area contributed by atoms with Crippen LogP contribution in [0, 0.1) is 0 Å². The topological polar surface area (TPSA) is 64.0 Å². The molecule has 1 aromatic carbocycles. The quantitative estimate of drug-likeness (QED) is 0.844. The molecule has 0 saturated heterocycles. The molecular weight excluding hydrogens is 262 g/mol. The molecule has 1 N–H and O–H groups in total. The van der Waals surface area contributed by atoms with Crippen LogP contribution in [0.4, 0.5) is 5.69 Å². The van der Waals surface area contributed by atoms with Crippen molar-refractivity contribution in [2.75, 3.05) is 11.1 Å². The molecular formula is C13H11N3O2S. The van der Waals surface area contributed by atoms with E-state index in [0.717, 1.165) is 5.75 Å². The maximum atomic E-state index is 12.1. The normalized spacial score (nSPS) is 13.1. The smallest absolute Gasteiger partial charge is 0.277 e. The van der Waals surface area contributed by atoms with Crippen molar-refractivity contribution in [1.82, 2.24) is 9.55 Å². The highest BCUT2D eigenvalue weighted by Gasteiger charge is 2.17. The Bertz CT molecular complexity index is 682. The monoisotopic (exact) mass is 273 g/mol. The van der Waals surface area contributed by atoms with Gasteiger partial charge in [0.1, 0.15) is 5.69 Å². The minimum absolute atomic E-state index is 0.195. The first-order valence-electron chi connectivity index (χ1n) is 5.85. The van der Waals surface area contributed by atoms with Crippen LogP contribution in [0.25, 0.3) is 0 Å². The summed E-state index contributed by atoms with van der Waals surface area (Å²) in [5.41, 5.74) is 0.543. The molecule has 19 heavy (non-hydrogen) atoms. The molecule has 1 aromatic heterocycles. The van der Waals surface area contributed by atoms with E-state index >= 15 is 0 Å². The molecule has 2 aromatic rings. The van der Waals surface area contributed by atoms with Gasteiger partial charge in [-0.3, -0.25) is 14.2 Å². The fraction of sp³-hybridized carbons (Fsp3) is 0.154. The van der Waals surface area contributed by atoms with Crippen molar-refractivity contribution in [3.05, 3.63) is 52.4 Å². The summed E-state index contributed by atoms with van der Waals surface area (Å²) < 4.78 is 1.59. The van der Waals surface area contributed by atoms with Gasteiger partial charge in [0, 0.05) is 17.9 Å². The van der Waals surface area contributed by atoms with Gasteiger partial charge in [-0.05, 0) is 12.1 Å². The van der Waals surface area contributed by atoms with Crippen LogP contribution < -0.4 is 10.9 Å². The number of hydrogen-bond acceptors (Lipinski definition) is 4. The molecule has 6 heteroatoms. The second kappa shape index (κ2) is 4.89. The molecule has 2 heterocycles. The number of anilines is 1. The van der Waals surface area contributed by atoms with E-state index in [1.54, 1.807) is 40.6 Å². The Morgan fingerprint density at radius 3 is 2.89 bits per heavy atom. The van der Waals surface area contributed by atoms with Crippen LogP contribution in [-0.2, 0) is 6.54 Å². The first kappa shape index (κ1) is 12.0. The lowest BCUT2D eigenvalue weighted by Crippen LogP contribution is -2.26. The summed E-state index contributed by atoms with van der Waals surface area (Å²) in [7, 11) is 0. The molecule has 0 radical (unpaired) electrons. The minimum atomic E-state index is -0.300. The number of amides is 1. The van der Waals surface area contributed by atoms with Gasteiger partial charge in [-0.1, -0.05) is 30.0 Å². The van der Waals surface area contributed by atoms with Crippen molar-refractivity contribution in [2.24, 2.45) is 0 Å². The number of carbonyl (C=O) groups excluding carboxylic acids is 1. The van der Waals surface area contributed by atoms with Gasteiger partial charge in [-0.25, -0.2) is 4.98 Å². The third kappa shape index (κ3) is 2.26. The standard InChI is InChI=1S/C13H11N3O2S/c17-11(9-4-2-1-3-5-9)15-10-8-14-13-16(12(10)18)6-7-19-13/h1-5,8H,6-7H2,(H,15,17). The maximum absolute atomic E-state index is 12.1. The zero-order valence-electron chi connectivity index (χ0n) is 10.00. The van der Waals surface area contributed by atoms with Crippen molar-refractivity contribution in [3.63, 3.8) is 0 Å². The number of carbonyl (C=O) groups is 1. The third-order valence-electron chi connectivity index (χ3n) is 2.84. The van der Waals surface area contributed by atoms with Gasteiger partial charge in [0.05, 0.1) is 6.20 Å². The summed E-state index contributed by atoms with van der Waals surface area (Å²) in [6.07, 6.45) is 1.42. The fourth-order valence-electron chi connectivity index (χ4n) is 1.89. The summed E-state index contributed by atoms with van der Waals surface area (Å²) in [5.74, 6) is 0.545. The Morgan fingerprint density at radius 1 is 1.32 bits per heavy atom. The number of nitrogens with one attached hydrogen (secondary N) is 1. The van der Waals surface area contributed by atoms with Crippen molar-refractivity contribution >= 4 is 23.4 Å². The van der Waals surface area contributed by atoms with Gasteiger partial charge in [0.15, 0.2) is 5.16 Å². The number of nitrogens with zero attached hydrogens (tertiary/aromatic N) is 2. The number of thioether (sulfide) groups is 1. The largest absolute Gasteiger partial charge is 0.316 e. The van der Waals surface area contributed by atoms with Crippen molar-refractivity contribution in [1.29, 1.82) is 0 Å². The fourth-order valence-corrected chi connectivity index (χ4v) is 2.80. The number of fused-ring (bicyclic) bond motifs is 1. The zero-order valence-corrected chi connectivity index (χ0v) is 10.8. The molecule has 0 aliphatic carbocycles. The number of benzene rings is 1. The molecule has 3 rings (SSSR count). The molecule has 0 atom stereocenters. The summed E-state index contributed by atoms with van der Waals surface area (Å²) in [5, 5.41) is 3.32. The zero-order chi connectivity index (χ0) is 13.2. The van der Waals surface area contributed by atoms with E-state index in [-0.39, 0.29) is 17.2 Å². The highest BCUT2D eigenvalue weighted by molar-refractivity contribution is 7.99. The summed E-state index contributed by atoms with van der Waals surface area (Å²) in [6.45, 7) is 0.640. The van der Waals surface area contributed by atoms with Gasteiger partial charge < -0.3 is 5.32 Å². The Kier molecular flexibility index (Phi) is 3.08. The molecule has 0 fully saturated rings. The molecule has 1 aliphatic heterocycles. The lowest BCUT2D eigenvalue weighted by Gasteiger charge is -2.06. The van der Waals surface area contributed by atoms with Gasteiger partial charge in [-0.2, -0.15) is 0 Å². The molecule has 0 saturated carbocycles. The first-order chi connectivity index (χ1) is 9.25. The van der Waals surface area contributed by atoms with E-state index in [0.29, 0.717) is 17.3 Å². The highest BCUT2D eigenvalue weighted by Crippen LogP contribution is 2.21. The average molecular weight is 273 g/mol. The summed E-state index contributed by atoms with van der Waals surface area (Å²) in [6, 6.07) is 8.78. The van der Waals surface area contributed by atoms with Gasteiger partial charge in [-0.15, -0.1) is 0 Å². The van der Waals surface area contributed by atoms with E-state index < -0.39 is 0 Å². The predicted octanol–water partition coefficient (Wildman–Crippen LogP) is 1.60. The number of rotatable bonds is 2. The average Bonchev–Trinajstić information content (AvgIpc) is 2.92. The van der Waals surface area contributed by atoms with Crippen molar-refractivity contribution in [3.8, 4) is 0 Å². The number of hydrogen-bond donors (Lipinski definition) is 1. The third-order valence-corrected chi connectivity index (χ3v) is 3.81.